The van der Waals surface area contributed by atoms with Gasteiger partial charge in [-0.05, 0) is 146 Å². The first-order valence-electron chi connectivity index (χ1n) is 28.3. The van der Waals surface area contributed by atoms with Crippen molar-refractivity contribution in [3.63, 3.8) is 0 Å². The van der Waals surface area contributed by atoms with E-state index in [1.165, 1.54) is 55.8 Å². The molecular formula is C74H68N4O2. The first kappa shape index (κ1) is 50.6. The summed E-state index contributed by atoms with van der Waals surface area (Å²) >= 11 is 0. The lowest BCUT2D eigenvalue weighted by molar-refractivity contribution is 0.483. The van der Waals surface area contributed by atoms with Crippen LogP contribution in [0.15, 0.2) is 211 Å². The molecule has 6 nitrogen and oxygen atoms in total. The number of fused-ring (bicyclic) bond motifs is 8. The fourth-order valence-electron chi connectivity index (χ4n) is 12.2. The van der Waals surface area contributed by atoms with Gasteiger partial charge in [0, 0.05) is 51.3 Å². The van der Waals surface area contributed by atoms with E-state index in [0.29, 0.717) is 6.67 Å². The highest BCUT2D eigenvalue weighted by Crippen LogP contribution is 2.53. The zero-order valence-corrected chi connectivity index (χ0v) is 47.6. The number of pyridine rings is 1. The molecule has 0 saturated carbocycles. The van der Waals surface area contributed by atoms with Crippen LogP contribution >= 0.6 is 0 Å². The summed E-state index contributed by atoms with van der Waals surface area (Å²) in [6.07, 6.45) is 1.94. The molecule has 0 amide bonds. The summed E-state index contributed by atoms with van der Waals surface area (Å²) in [7, 11) is 0. The SMILES string of the molecule is CC(C)c1cccc(C(C)C)c1-c1cc(Oc2ccc3c4c5oc6ccccc6c5ccc4n(-c4cc(C(C)(C)C)ccn4)c3c2)cc(N2CN(c3c(-c4ccccc4)cc(C(C)(C)C)cc3-c3ccccc3)c3ccccc32)c1. The molecule has 13 rings (SSSR count). The summed E-state index contributed by atoms with van der Waals surface area (Å²) < 4.78 is 16.4. The second-order valence-electron chi connectivity index (χ2n) is 24.4. The molecule has 0 saturated heterocycles. The van der Waals surface area contributed by atoms with Gasteiger partial charge in [-0.2, -0.15) is 0 Å². The summed E-state index contributed by atoms with van der Waals surface area (Å²) in [5, 5.41) is 4.31. The topological polar surface area (TPSA) is 46.7 Å². The zero-order chi connectivity index (χ0) is 55.2. The van der Waals surface area contributed by atoms with E-state index in [-0.39, 0.29) is 22.7 Å². The standard InChI is InChI=1S/C74H68N4O2/c1-46(2)56-27-21-28-57(47(3)4)69(56)50-38-53(76-45-77(64-30-19-18-29-63(64)76)71-61(48-22-13-11-14-23-48)40-52(74(8,9)10)41-62(71)49-24-15-12-16-25-49)43-55(39-50)79-54-32-33-60-66(44-54)78(68-42-51(36-37-75-68)73(5,6)7)65-35-34-59-58-26-17-20-31-67(58)80-72(59)70(60)65/h11-44,46-47H,45H2,1-10H3. The van der Waals surface area contributed by atoms with Crippen molar-refractivity contribution in [2.75, 3.05) is 16.5 Å². The quantitative estimate of drug-likeness (QED) is 0.137. The van der Waals surface area contributed by atoms with Gasteiger partial charge in [0.1, 0.15) is 35.2 Å². The highest BCUT2D eigenvalue weighted by molar-refractivity contribution is 6.24. The average Bonchev–Trinajstić information content (AvgIpc) is 4.17. The number of hydrogen-bond donors (Lipinski definition) is 0. The highest BCUT2D eigenvalue weighted by Gasteiger charge is 2.34. The highest BCUT2D eigenvalue weighted by atomic mass is 16.5. The summed E-state index contributed by atoms with van der Waals surface area (Å²) in [6.45, 7) is 23.5. The van der Waals surface area contributed by atoms with Crippen LogP contribution < -0.4 is 14.5 Å². The smallest absolute Gasteiger partial charge is 0.145 e. The van der Waals surface area contributed by atoms with Crippen molar-refractivity contribution in [2.24, 2.45) is 0 Å². The number of para-hydroxylation sites is 3. The van der Waals surface area contributed by atoms with Crippen LogP contribution in [0.25, 0.3) is 82.9 Å². The molecule has 80 heavy (non-hydrogen) atoms. The number of aromatic nitrogens is 2. The summed E-state index contributed by atoms with van der Waals surface area (Å²) in [4.78, 5) is 10.1. The lowest BCUT2D eigenvalue weighted by atomic mass is 9.82. The normalized spacial score (nSPS) is 13.0. The van der Waals surface area contributed by atoms with Crippen LogP contribution in [0.3, 0.4) is 0 Å². The lowest BCUT2D eigenvalue weighted by Crippen LogP contribution is -2.25. The van der Waals surface area contributed by atoms with Gasteiger partial charge in [0.05, 0.1) is 33.5 Å². The van der Waals surface area contributed by atoms with Gasteiger partial charge in [0.15, 0.2) is 0 Å². The van der Waals surface area contributed by atoms with Crippen molar-refractivity contribution in [1.82, 2.24) is 9.55 Å². The third-order valence-corrected chi connectivity index (χ3v) is 16.3. The summed E-state index contributed by atoms with van der Waals surface area (Å²) in [5.41, 5.74) is 20.3. The van der Waals surface area contributed by atoms with Gasteiger partial charge in [-0.1, -0.05) is 178 Å². The predicted molar refractivity (Wildman–Crippen MR) is 336 cm³/mol. The Balaban J connectivity index is 1.01. The molecular weight excluding hydrogens is 977 g/mol. The molecule has 396 valence electrons. The molecule has 0 radical (unpaired) electrons. The minimum Gasteiger partial charge on any atom is -0.457 e. The zero-order valence-electron chi connectivity index (χ0n) is 47.6. The Morgan fingerprint density at radius 1 is 0.487 bits per heavy atom. The largest absolute Gasteiger partial charge is 0.457 e. The number of hydrogen-bond acceptors (Lipinski definition) is 5. The van der Waals surface area contributed by atoms with Crippen LogP contribution in [0.4, 0.5) is 22.7 Å². The van der Waals surface area contributed by atoms with Gasteiger partial charge in [-0.3, -0.25) is 4.57 Å². The van der Waals surface area contributed by atoms with Gasteiger partial charge in [0.25, 0.3) is 0 Å². The molecule has 0 aliphatic carbocycles. The van der Waals surface area contributed by atoms with Gasteiger partial charge in [0.2, 0.25) is 0 Å². The van der Waals surface area contributed by atoms with Crippen LogP contribution in [0.2, 0.25) is 0 Å². The van der Waals surface area contributed by atoms with Crippen LogP contribution in [0.5, 0.6) is 11.5 Å². The first-order chi connectivity index (χ1) is 38.6. The maximum absolute atomic E-state index is 7.35. The van der Waals surface area contributed by atoms with Gasteiger partial charge in [-0.15, -0.1) is 0 Å². The fourth-order valence-corrected chi connectivity index (χ4v) is 12.2. The molecule has 12 aromatic rings. The molecule has 1 aliphatic heterocycles. The number of rotatable bonds is 10. The van der Waals surface area contributed by atoms with E-state index in [4.69, 9.17) is 14.1 Å². The fraction of sp³-hybridized carbons (Fsp3) is 0.203. The summed E-state index contributed by atoms with van der Waals surface area (Å²) in [6, 6.07) is 72.9. The molecule has 0 N–H and O–H groups in total. The Morgan fingerprint density at radius 2 is 1.10 bits per heavy atom. The molecule has 0 fully saturated rings. The van der Waals surface area contributed by atoms with Gasteiger partial charge >= 0.3 is 0 Å². The second kappa shape index (κ2) is 19.5. The Labute approximate surface area is 470 Å². The molecule has 0 atom stereocenters. The first-order valence-corrected chi connectivity index (χ1v) is 28.3. The lowest BCUT2D eigenvalue weighted by Gasteiger charge is -2.30. The summed E-state index contributed by atoms with van der Waals surface area (Å²) in [5.74, 6) is 2.90. The van der Waals surface area contributed by atoms with E-state index in [2.05, 4.69) is 278 Å². The minimum absolute atomic E-state index is 0.0821. The Kier molecular flexibility index (Phi) is 12.3. The van der Waals surface area contributed by atoms with E-state index in [1.54, 1.807) is 0 Å². The van der Waals surface area contributed by atoms with E-state index in [9.17, 15) is 0 Å². The van der Waals surface area contributed by atoms with Crippen molar-refractivity contribution in [3.05, 3.63) is 229 Å². The third-order valence-electron chi connectivity index (χ3n) is 16.3. The minimum atomic E-state index is -0.0884. The monoisotopic (exact) mass is 1040 g/mol. The van der Waals surface area contributed by atoms with Crippen LogP contribution in [0.1, 0.15) is 103 Å². The Bertz CT molecular complexity index is 4250. The van der Waals surface area contributed by atoms with E-state index < -0.39 is 0 Å². The maximum atomic E-state index is 7.35. The van der Waals surface area contributed by atoms with Crippen molar-refractivity contribution in [3.8, 4) is 50.7 Å². The number of benzene rings is 9. The van der Waals surface area contributed by atoms with E-state index in [0.717, 1.165) is 83.7 Å². The van der Waals surface area contributed by atoms with Crippen LogP contribution in [0, 0.1) is 0 Å². The van der Waals surface area contributed by atoms with Gasteiger partial charge < -0.3 is 19.0 Å². The molecule has 4 heterocycles. The number of furan rings is 1. The van der Waals surface area contributed by atoms with Crippen molar-refractivity contribution in [2.45, 2.75) is 91.9 Å². The molecule has 1 aliphatic rings. The number of anilines is 4. The molecule has 6 heteroatoms. The Hall–Kier alpha value is -8.87. The van der Waals surface area contributed by atoms with Crippen LogP contribution in [-0.4, -0.2) is 16.2 Å². The maximum Gasteiger partial charge on any atom is 0.145 e. The third kappa shape index (κ3) is 8.78. The Morgan fingerprint density at radius 3 is 1.75 bits per heavy atom. The van der Waals surface area contributed by atoms with Gasteiger partial charge in [-0.25, -0.2) is 4.98 Å². The predicted octanol–water partition coefficient (Wildman–Crippen LogP) is 21.0. The molecule has 0 bridgehead atoms. The molecule has 0 unspecified atom stereocenters. The number of ether oxygens (including phenoxy) is 1. The molecule has 3 aromatic heterocycles. The van der Waals surface area contributed by atoms with Crippen molar-refractivity contribution >= 4 is 66.5 Å². The van der Waals surface area contributed by atoms with Crippen molar-refractivity contribution < 1.29 is 9.15 Å². The number of nitrogens with zero attached hydrogens (tertiary/aromatic N) is 4. The van der Waals surface area contributed by atoms with E-state index in [1.807, 2.05) is 12.3 Å². The molecule has 9 aromatic carbocycles. The van der Waals surface area contributed by atoms with Crippen LogP contribution in [-0.2, 0) is 10.8 Å². The molecule has 0 spiro atoms. The average molecular weight is 1050 g/mol. The second-order valence-corrected chi connectivity index (χ2v) is 24.4. The van der Waals surface area contributed by atoms with Crippen molar-refractivity contribution in [1.29, 1.82) is 0 Å². The van der Waals surface area contributed by atoms with E-state index >= 15 is 0 Å².